The number of halogens is 2. The molecule has 0 radical (unpaired) electrons. The molecule has 4 nitrogen and oxygen atoms in total. The number of sulfonamides is 1. The molecular weight excluding hydrogens is 303 g/mol. The highest BCUT2D eigenvalue weighted by atomic mass is 35.5. The first-order chi connectivity index (χ1) is 8.95. The Kier molecular flexibility index (Phi) is 5.05. The summed E-state index contributed by atoms with van der Waals surface area (Å²) in [7, 11) is -3.98. The van der Waals surface area contributed by atoms with E-state index in [1.165, 1.54) is 6.07 Å². The molecule has 0 saturated carbocycles. The fraction of sp³-hybridized carbons (Fsp3) is 0.538. The zero-order valence-electron chi connectivity index (χ0n) is 12.0. The van der Waals surface area contributed by atoms with E-state index in [1.54, 1.807) is 0 Å². The summed E-state index contributed by atoms with van der Waals surface area (Å²) >= 11 is 5.72. The average molecular weight is 323 g/mol. The molecule has 1 aromatic carbocycles. The molecule has 3 N–H and O–H groups in total. The van der Waals surface area contributed by atoms with E-state index in [-0.39, 0.29) is 28.6 Å². The van der Waals surface area contributed by atoms with E-state index in [1.807, 2.05) is 27.7 Å². The quantitative estimate of drug-likeness (QED) is 0.837. The predicted molar refractivity (Wildman–Crippen MR) is 79.6 cm³/mol. The summed E-state index contributed by atoms with van der Waals surface area (Å²) in [6, 6.07) is 2.23. The van der Waals surface area contributed by atoms with Gasteiger partial charge in [0.05, 0.1) is 5.69 Å². The standard InChI is InChI=1S/C13H20ClFN2O2S/c1-8(13(2,3)4)7-17-20(18,19)11-6-9(14)5-10(16)12(11)15/h5-6,8,17H,7,16H2,1-4H3. The monoisotopic (exact) mass is 322 g/mol. The number of nitrogens with one attached hydrogen (secondary N) is 1. The lowest BCUT2D eigenvalue weighted by atomic mass is 9.82. The minimum absolute atomic E-state index is 0.0611. The summed E-state index contributed by atoms with van der Waals surface area (Å²) in [6.45, 7) is 8.14. The van der Waals surface area contributed by atoms with Gasteiger partial charge in [0.15, 0.2) is 5.82 Å². The van der Waals surface area contributed by atoms with E-state index in [4.69, 9.17) is 17.3 Å². The van der Waals surface area contributed by atoms with E-state index in [2.05, 4.69) is 4.72 Å². The Hall–Kier alpha value is -0.850. The maximum Gasteiger partial charge on any atom is 0.243 e. The molecule has 0 aliphatic rings. The molecular formula is C13H20ClFN2O2S. The van der Waals surface area contributed by atoms with Gasteiger partial charge in [-0.15, -0.1) is 0 Å². The first-order valence-electron chi connectivity index (χ1n) is 6.19. The van der Waals surface area contributed by atoms with Crippen LogP contribution in [0.5, 0.6) is 0 Å². The first kappa shape index (κ1) is 17.2. The number of rotatable bonds is 4. The van der Waals surface area contributed by atoms with Crippen LogP contribution in [0.15, 0.2) is 17.0 Å². The van der Waals surface area contributed by atoms with Gasteiger partial charge in [0.25, 0.3) is 0 Å². The van der Waals surface area contributed by atoms with Gasteiger partial charge in [-0.1, -0.05) is 39.3 Å². The van der Waals surface area contributed by atoms with Crippen LogP contribution >= 0.6 is 11.6 Å². The molecule has 0 aliphatic heterocycles. The average Bonchev–Trinajstić information content (AvgIpc) is 2.29. The van der Waals surface area contributed by atoms with Gasteiger partial charge in [-0.05, 0) is 23.5 Å². The summed E-state index contributed by atoms with van der Waals surface area (Å²) in [5.74, 6) is -0.901. The highest BCUT2D eigenvalue weighted by Crippen LogP contribution is 2.27. The Balaban J connectivity index is 3.02. The van der Waals surface area contributed by atoms with Crippen molar-refractivity contribution in [2.45, 2.75) is 32.6 Å². The van der Waals surface area contributed by atoms with Gasteiger partial charge < -0.3 is 5.73 Å². The second-order valence-corrected chi connectivity index (χ2v) is 8.10. The zero-order valence-corrected chi connectivity index (χ0v) is 13.6. The predicted octanol–water partition coefficient (Wildman–Crippen LogP) is 3.02. The molecule has 1 atom stereocenters. The summed E-state index contributed by atoms with van der Waals surface area (Å²) < 4.78 is 40.5. The Labute approximate surface area is 124 Å². The highest BCUT2D eigenvalue weighted by molar-refractivity contribution is 7.89. The van der Waals surface area contributed by atoms with Crippen LogP contribution in [0.4, 0.5) is 10.1 Å². The van der Waals surface area contributed by atoms with Gasteiger partial charge in [-0.25, -0.2) is 17.5 Å². The normalized spacial score (nSPS) is 14.3. The fourth-order valence-electron chi connectivity index (χ4n) is 1.40. The lowest BCUT2D eigenvalue weighted by Crippen LogP contribution is -2.34. The Bertz CT molecular complexity index is 597. The molecule has 20 heavy (non-hydrogen) atoms. The Morgan fingerprint density at radius 1 is 1.40 bits per heavy atom. The van der Waals surface area contributed by atoms with Crippen molar-refractivity contribution < 1.29 is 12.8 Å². The van der Waals surface area contributed by atoms with Crippen LogP contribution in [0.2, 0.25) is 5.02 Å². The van der Waals surface area contributed by atoms with E-state index in [0.29, 0.717) is 0 Å². The van der Waals surface area contributed by atoms with Gasteiger partial charge >= 0.3 is 0 Å². The zero-order chi connectivity index (χ0) is 15.7. The van der Waals surface area contributed by atoms with Crippen LogP contribution in [0.25, 0.3) is 0 Å². The van der Waals surface area contributed by atoms with E-state index in [9.17, 15) is 12.8 Å². The van der Waals surface area contributed by atoms with Crippen molar-refractivity contribution in [3.05, 3.63) is 23.0 Å². The molecule has 0 bridgehead atoms. The van der Waals surface area contributed by atoms with Crippen LogP contribution < -0.4 is 10.5 Å². The molecule has 0 aromatic heterocycles. The largest absolute Gasteiger partial charge is 0.396 e. The number of anilines is 1. The molecule has 114 valence electrons. The van der Waals surface area contributed by atoms with E-state index in [0.717, 1.165) is 6.07 Å². The molecule has 7 heteroatoms. The molecule has 1 aromatic rings. The fourth-order valence-corrected chi connectivity index (χ4v) is 2.95. The molecule has 0 aliphatic carbocycles. The van der Waals surface area contributed by atoms with Crippen molar-refractivity contribution in [3.8, 4) is 0 Å². The lowest BCUT2D eigenvalue weighted by molar-refractivity contribution is 0.263. The Morgan fingerprint density at radius 2 is 1.95 bits per heavy atom. The minimum Gasteiger partial charge on any atom is -0.396 e. The van der Waals surface area contributed by atoms with Gasteiger partial charge in [-0.2, -0.15) is 0 Å². The third-order valence-corrected chi connectivity index (χ3v) is 5.02. The van der Waals surface area contributed by atoms with Crippen molar-refractivity contribution in [1.82, 2.24) is 4.72 Å². The molecule has 0 heterocycles. The molecule has 0 spiro atoms. The van der Waals surface area contributed by atoms with Crippen LogP contribution in [0.1, 0.15) is 27.7 Å². The van der Waals surface area contributed by atoms with Gasteiger partial charge in [0, 0.05) is 11.6 Å². The Morgan fingerprint density at radius 3 is 2.45 bits per heavy atom. The smallest absolute Gasteiger partial charge is 0.243 e. The SMILES string of the molecule is CC(CNS(=O)(=O)c1cc(Cl)cc(N)c1F)C(C)(C)C. The third kappa shape index (κ3) is 4.07. The van der Waals surface area contributed by atoms with Crippen LogP contribution in [0.3, 0.4) is 0 Å². The van der Waals surface area contributed by atoms with Crippen molar-refractivity contribution in [1.29, 1.82) is 0 Å². The van der Waals surface area contributed by atoms with Gasteiger partial charge in [0.1, 0.15) is 4.90 Å². The molecule has 1 rings (SSSR count). The van der Waals surface area contributed by atoms with Crippen molar-refractivity contribution in [2.24, 2.45) is 11.3 Å². The van der Waals surface area contributed by atoms with E-state index >= 15 is 0 Å². The summed E-state index contributed by atoms with van der Waals surface area (Å²) in [6.07, 6.45) is 0. The maximum atomic E-state index is 13.8. The molecule has 0 fully saturated rings. The topological polar surface area (TPSA) is 72.2 Å². The van der Waals surface area contributed by atoms with Crippen molar-refractivity contribution in [2.75, 3.05) is 12.3 Å². The number of nitrogens with two attached hydrogens (primary N) is 1. The van der Waals surface area contributed by atoms with Gasteiger partial charge in [0.2, 0.25) is 10.0 Å². The number of benzene rings is 1. The second-order valence-electron chi connectivity index (χ2n) is 5.93. The summed E-state index contributed by atoms with van der Waals surface area (Å²) in [5, 5.41) is 0.0770. The lowest BCUT2D eigenvalue weighted by Gasteiger charge is -2.27. The minimum atomic E-state index is -3.98. The van der Waals surface area contributed by atoms with Crippen LogP contribution in [0, 0.1) is 17.2 Å². The molecule has 0 amide bonds. The van der Waals surface area contributed by atoms with Crippen LogP contribution in [-0.4, -0.2) is 15.0 Å². The van der Waals surface area contributed by atoms with Crippen LogP contribution in [-0.2, 0) is 10.0 Å². The second kappa shape index (κ2) is 5.87. The number of nitrogen functional groups attached to an aromatic ring is 1. The summed E-state index contributed by atoms with van der Waals surface area (Å²) in [5.41, 5.74) is 5.04. The highest BCUT2D eigenvalue weighted by Gasteiger charge is 2.25. The number of hydrogen-bond donors (Lipinski definition) is 2. The molecule has 1 unspecified atom stereocenters. The van der Waals surface area contributed by atoms with Crippen molar-refractivity contribution >= 4 is 27.3 Å². The maximum absolute atomic E-state index is 13.8. The summed E-state index contributed by atoms with van der Waals surface area (Å²) in [4.78, 5) is -0.524. The first-order valence-corrected chi connectivity index (χ1v) is 8.05. The van der Waals surface area contributed by atoms with E-state index < -0.39 is 20.7 Å². The third-order valence-electron chi connectivity index (χ3n) is 3.38. The molecule has 0 saturated heterocycles. The number of hydrogen-bond acceptors (Lipinski definition) is 3. The van der Waals surface area contributed by atoms with Crippen molar-refractivity contribution in [3.63, 3.8) is 0 Å². The van der Waals surface area contributed by atoms with Gasteiger partial charge in [-0.3, -0.25) is 0 Å².